The molecule has 0 aromatic rings. The van der Waals surface area contributed by atoms with Crippen molar-refractivity contribution in [3.8, 4) is 0 Å². The predicted octanol–water partition coefficient (Wildman–Crippen LogP) is 5.75. The fraction of sp³-hybridized carbons (Fsp3) is 1.00. The summed E-state index contributed by atoms with van der Waals surface area (Å²) in [6, 6.07) is 0.634. The quantitative estimate of drug-likeness (QED) is 0.643. The smallest absolute Gasteiger partial charge is 0.000733 e. The Morgan fingerprint density at radius 1 is 0.750 bits per heavy atom. The Bertz CT molecular complexity index is 41.4. The molecule has 0 unspecified atom stereocenters. The SMILES string of the molecule is CC.CC.CC.CCC(C)C.CNC(C)C. The lowest BCUT2D eigenvalue weighted by atomic mass is 10.2. The van der Waals surface area contributed by atoms with Gasteiger partial charge in [-0.15, -0.1) is 0 Å². The van der Waals surface area contributed by atoms with E-state index in [-0.39, 0.29) is 0 Å². The third kappa shape index (κ3) is 150. The first kappa shape index (κ1) is 29.7. The summed E-state index contributed by atoms with van der Waals surface area (Å²) in [6.07, 6.45) is 1.31. The highest BCUT2D eigenvalue weighted by Gasteiger charge is 1.80. The van der Waals surface area contributed by atoms with Gasteiger partial charge in [-0.1, -0.05) is 82.6 Å². The van der Waals surface area contributed by atoms with Gasteiger partial charge in [-0.25, -0.2) is 0 Å². The van der Waals surface area contributed by atoms with Crippen molar-refractivity contribution in [2.75, 3.05) is 7.05 Å². The number of nitrogens with one attached hydrogen (secondary N) is 1. The Hall–Kier alpha value is -0.0400. The van der Waals surface area contributed by atoms with Gasteiger partial charge in [-0.3, -0.25) is 0 Å². The Balaban J connectivity index is -0.0000000345. The molecule has 1 nitrogen and oxygen atoms in total. The van der Waals surface area contributed by atoms with Crippen molar-refractivity contribution in [1.29, 1.82) is 0 Å². The first-order chi connectivity index (χ1) is 7.54. The van der Waals surface area contributed by atoms with E-state index in [4.69, 9.17) is 0 Å². The molecule has 0 aliphatic carbocycles. The van der Waals surface area contributed by atoms with Gasteiger partial charge in [0, 0.05) is 6.04 Å². The second-order valence-corrected chi connectivity index (χ2v) is 3.25. The molecule has 0 atom stereocenters. The topological polar surface area (TPSA) is 12.0 Å². The first-order valence-corrected chi connectivity index (χ1v) is 7.21. The second kappa shape index (κ2) is 46.0. The van der Waals surface area contributed by atoms with Gasteiger partial charge in [0.05, 0.1) is 0 Å². The molecule has 0 aliphatic rings. The highest BCUT2D eigenvalue weighted by atomic mass is 14.8. The molecule has 0 aromatic carbocycles. The molecule has 0 aliphatic heterocycles. The predicted molar refractivity (Wildman–Crippen MR) is 83.4 cm³/mol. The van der Waals surface area contributed by atoms with Crippen LogP contribution in [0.25, 0.3) is 0 Å². The van der Waals surface area contributed by atoms with Crippen molar-refractivity contribution in [2.24, 2.45) is 5.92 Å². The summed E-state index contributed by atoms with van der Waals surface area (Å²) in [5.74, 6) is 0.884. The number of hydrogen-bond acceptors (Lipinski definition) is 1. The summed E-state index contributed by atoms with van der Waals surface area (Å²) >= 11 is 0. The lowest BCUT2D eigenvalue weighted by Gasteiger charge is -1.95. The maximum Gasteiger partial charge on any atom is 0.000733 e. The van der Waals surface area contributed by atoms with Crippen LogP contribution in [-0.4, -0.2) is 13.1 Å². The molecule has 0 spiro atoms. The van der Waals surface area contributed by atoms with E-state index in [0.29, 0.717) is 6.04 Å². The summed E-state index contributed by atoms with van der Waals surface area (Å²) in [7, 11) is 1.95. The number of hydrogen-bond donors (Lipinski definition) is 1. The maximum absolute atomic E-state index is 3.03. The molecule has 1 heteroatoms. The molecule has 0 saturated carbocycles. The van der Waals surface area contributed by atoms with E-state index in [2.05, 4.69) is 39.9 Å². The Morgan fingerprint density at radius 3 is 0.875 bits per heavy atom. The monoisotopic (exact) mass is 235 g/mol. The molecule has 106 valence electrons. The van der Waals surface area contributed by atoms with Crippen molar-refractivity contribution >= 4 is 0 Å². The molecule has 1 N–H and O–H groups in total. The number of rotatable bonds is 2. The molecular formula is C15H41N. The maximum atomic E-state index is 3.03. The van der Waals surface area contributed by atoms with Crippen LogP contribution in [0.3, 0.4) is 0 Å². The van der Waals surface area contributed by atoms with Crippen molar-refractivity contribution in [2.45, 2.75) is 88.6 Å². The van der Waals surface area contributed by atoms with Gasteiger partial charge in [0.2, 0.25) is 0 Å². The standard InChI is InChI=1S/C5H12.C4H11N.3C2H6/c1-4-5(2)3;1-4(2)5-3;3*1-2/h5H,4H2,1-3H3;4-5H,1-3H3;3*1-2H3. The molecule has 0 aromatic heterocycles. The van der Waals surface area contributed by atoms with E-state index in [1.807, 2.05) is 48.6 Å². The van der Waals surface area contributed by atoms with Crippen molar-refractivity contribution in [3.63, 3.8) is 0 Å². The minimum Gasteiger partial charge on any atom is -0.318 e. The molecule has 0 heterocycles. The van der Waals surface area contributed by atoms with Gasteiger partial charge in [0.1, 0.15) is 0 Å². The highest BCUT2D eigenvalue weighted by Crippen LogP contribution is 1.93. The summed E-state index contributed by atoms with van der Waals surface area (Å²) in [5.41, 5.74) is 0. The van der Waals surface area contributed by atoms with Crippen LogP contribution in [0.5, 0.6) is 0 Å². The molecule has 16 heavy (non-hydrogen) atoms. The third-order valence-corrected chi connectivity index (χ3v) is 1.39. The molecule has 0 saturated heterocycles. The Kier molecular flexibility index (Phi) is 85.5. The van der Waals surface area contributed by atoms with Gasteiger partial charge in [0.15, 0.2) is 0 Å². The molecule has 0 bridgehead atoms. The van der Waals surface area contributed by atoms with E-state index in [0.717, 1.165) is 5.92 Å². The van der Waals surface area contributed by atoms with Gasteiger partial charge < -0.3 is 5.32 Å². The Morgan fingerprint density at radius 2 is 0.875 bits per heavy atom. The van der Waals surface area contributed by atoms with E-state index >= 15 is 0 Å². The van der Waals surface area contributed by atoms with Crippen molar-refractivity contribution in [1.82, 2.24) is 5.32 Å². The minimum atomic E-state index is 0.634. The van der Waals surface area contributed by atoms with Crippen molar-refractivity contribution < 1.29 is 0 Å². The molecule has 0 fully saturated rings. The van der Waals surface area contributed by atoms with Crippen LogP contribution in [0, 0.1) is 5.92 Å². The zero-order valence-electron chi connectivity index (χ0n) is 14.4. The summed E-state index contributed by atoms with van der Waals surface area (Å²) < 4.78 is 0. The summed E-state index contributed by atoms with van der Waals surface area (Å²) in [4.78, 5) is 0. The average molecular weight is 236 g/mol. The lowest BCUT2D eigenvalue weighted by molar-refractivity contribution is 0.626. The van der Waals surface area contributed by atoms with Crippen LogP contribution in [0.1, 0.15) is 82.6 Å². The summed E-state index contributed by atoms with van der Waals surface area (Å²) in [5, 5.41) is 3.03. The van der Waals surface area contributed by atoms with Crippen LogP contribution < -0.4 is 5.32 Å². The second-order valence-electron chi connectivity index (χ2n) is 3.25. The highest BCUT2D eigenvalue weighted by molar-refractivity contribution is 4.40. The van der Waals surface area contributed by atoms with Gasteiger partial charge in [-0.05, 0) is 13.0 Å². The van der Waals surface area contributed by atoms with Crippen LogP contribution in [0.2, 0.25) is 0 Å². The van der Waals surface area contributed by atoms with Crippen LogP contribution in [-0.2, 0) is 0 Å². The fourth-order valence-electron chi connectivity index (χ4n) is 0. The Labute approximate surface area is 107 Å². The molecule has 0 amide bonds. The third-order valence-electron chi connectivity index (χ3n) is 1.39. The van der Waals surface area contributed by atoms with Crippen LogP contribution in [0.15, 0.2) is 0 Å². The largest absolute Gasteiger partial charge is 0.318 e. The van der Waals surface area contributed by atoms with Gasteiger partial charge in [-0.2, -0.15) is 0 Å². The zero-order valence-corrected chi connectivity index (χ0v) is 14.4. The van der Waals surface area contributed by atoms with E-state index < -0.39 is 0 Å². The summed E-state index contributed by atoms with van der Waals surface area (Å²) in [6.45, 7) is 22.9. The molecule has 0 rings (SSSR count). The minimum absolute atomic E-state index is 0.634. The zero-order chi connectivity index (χ0) is 14.6. The van der Waals surface area contributed by atoms with E-state index in [1.165, 1.54) is 6.42 Å². The lowest BCUT2D eigenvalue weighted by Crippen LogP contribution is -2.15. The van der Waals surface area contributed by atoms with Crippen LogP contribution in [0.4, 0.5) is 0 Å². The van der Waals surface area contributed by atoms with E-state index in [1.54, 1.807) is 0 Å². The van der Waals surface area contributed by atoms with E-state index in [9.17, 15) is 0 Å². The normalized spacial score (nSPS) is 7.12. The van der Waals surface area contributed by atoms with Gasteiger partial charge in [0.25, 0.3) is 0 Å². The average Bonchev–Trinajstić information content (AvgIpc) is 2.37. The molecule has 0 radical (unpaired) electrons. The molecular weight excluding hydrogens is 194 g/mol. The van der Waals surface area contributed by atoms with Crippen LogP contribution >= 0.6 is 0 Å². The van der Waals surface area contributed by atoms with Crippen molar-refractivity contribution in [3.05, 3.63) is 0 Å². The first-order valence-electron chi connectivity index (χ1n) is 7.21. The fourth-order valence-corrected chi connectivity index (χ4v) is 0. The van der Waals surface area contributed by atoms with Gasteiger partial charge >= 0.3 is 0 Å².